The third-order valence-electron chi connectivity index (χ3n) is 2.41. The Kier molecular flexibility index (Phi) is 4.70. The van der Waals surface area contributed by atoms with Crippen molar-refractivity contribution >= 4 is 23.7 Å². The number of rotatable bonds is 3. The van der Waals surface area contributed by atoms with Gasteiger partial charge < -0.3 is 5.32 Å². The van der Waals surface area contributed by atoms with Gasteiger partial charge in [-0.15, -0.1) is 0 Å². The fourth-order valence-electron chi connectivity index (χ4n) is 1.41. The van der Waals surface area contributed by atoms with E-state index >= 15 is 0 Å². The summed E-state index contributed by atoms with van der Waals surface area (Å²) in [5, 5.41) is 5.77. The Labute approximate surface area is 119 Å². The number of carbonyl (C=O) groups excluding carboxylic acids is 2. The molecule has 0 saturated heterocycles. The second kappa shape index (κ2) is 6.90. The number of carbonyl (C=O) groups is 2. The standard InChI is InChI=1S/C14H11FN4O2/c15-11-3-1-2-4-12(11)18-13(20)14(21)19-17-9-10-5-7-16-8-6-10/h1-9H,(H,18,20)(H,19,21)/b17-9-. The number of hydrogen-bond acceptors (Lipinski definition) is 4. The van der Waals surface area contributed by atoms with E-state index in [2.05, 4.69) is 15.4 Å². The quantitative estimate of drug-likeness (QED) is 0.507. The van der Waals surface area contributed by atoms with E-state index in [1.54, 1.807) is 24.5 Å². The van der Waals surface area contributed by atoms with Crippen molar-refractivity contribution in [2.75, 3.05) is 5.32 Å². The third-order valence-corrected chi connectivity index (χ3v) is 2.41. The molecule has 0 bridgehead atoms. The van der Waals surface area contributed by atoms with E-state index in [0.29, 0.717) is 5.56 Å². The lowest BCUT2D eigenvalue weighted by Gasteiger charge is -2.04. The predicted octanol–water partition coefficient (Wildman–Crippen LogP) is 1.31. The fraction of sp³-hybridized carbons (Fsp3) is 0. The minimum absolute atomic E-state index is 0.0734. The Balaban J connectivity index is 1.90. The van der Waals surface area contributed by atoms with Crippen LogP contribution in [-0.4, -0.2) is 23.0 Å². The monoisotopic (exact) mass is 286 g/mol. The van der Waals surface area contributed by atoms with Crippen molar-refractivity contribution in [3.63, 3.8) is 0 Å². The van der Waals surface area contributed by atoms with Crippen molar-refractivity contribution in [2.45, 2.75) is 0 Å². The Bertz CT molecular complexity index is 674. The Morgan fingerprint density at radius 2 is 1.81 bits per heavy atom. The molecule has 0 atom stereocenters. The van der Waals surface area contributed by atoms with Gasteiger partial charge >= 0.3 is 11.8 Å². The highest BCUT2D eigenvalue weighted by Gasteiger charge is 2.14. The Morgan fingerprint density at radius 1 is 1.10 bits per heavy atom. The number of para-hydroxylation sites is 1. The molecule has 21 heavy (non-hydrogen) atoms. The number of amides is 2. The molecule has 0 aliphatic rings. The number of hydrogen-bond donors (Lipinski definition) is 2. The number of halogens is 1. The maximum atomic E-state index is 13.3. The summed E-state index contributed by atoms with van der Waals surface area (Å²) >= 11 is 0. The Morgan fingerprint density at radius 3 is 2.52 bits per heavy atom. The molecule has 1 aromatic heterocycles. The number of hydrazone groups is 1. The first kappa shape index (κ1) is 14.3. The smallest absolute Gasteiger partial charge is 0.315 e. The molecule has 2 N–H and O–H groups in total. The predicted molar refractivity (Wildman–Crippen MR) is 75.0 cm³/mol. The number of nitrogens with one attached hydrogen (secondary N) is 2. The van der Waals surface area contributed by atoms with Gasteiger partial charge in [-0.25, -0.2) is 9.82 Å². The van der Waals surface area contributed by atoms with Crippen LogP contribution in [0.3, 0.4) is 0 Å². The van der Waals surface area contributed by atoms with Crippen molar-refractivity contribution < 1.29 is 14.0 Å². The number of nitrogens with zero attached hydrogens (tertiary/aromatic N) is 2. The minimum atomic E-state index is -1.01. The zero-order valence-electron chi connectivity index (χ0n) is 10.8. The normalized spacial score (nSPS) is 10.3. The largest absolute Gasteiger partial charge is 0.329 e. The van der Waals surface area contributed by atoms with Gasteiger partial charge in [-0.05, 0) is 29.8 Å². The van der Waals surface area contributed by atoms with Gasteiger partial charge in [0.1, 0.15) is 5.82 Å². The van der Waals surface area contributed by atoms with Gasteiger partial charge in [-0.3, -0.25) is 14.6 Å². The van der Waals surface area contributed by atoms with Crippen LogP contribution in [0.25, 0.3) is 0 Å². The fourth-order valence-corrected chi connectivity index (χ4v) is 1.41. The summed E-state index contributed by atoms with van der Waals surface area (Å²) in [5.41, 5.74) is 2.68. The summed E-state index contributed by atoms with van der Waals surface area (Å²) in [4.78, 5) is 26.8. The van der Waals surface area contributed by atoms with Crippen LogP contribution >= 0.6 is 0 Å². The summed E-state index contributed by atoms with van der Waals surface area (Å²) in [6.45, 7) is 0. The summed E-state index contributed by atoms with van der Waals surface area (Å²) in [7, 11) is 0. The molecule has 0 saturated carbocycles. The lowest BCUT2D eigenvalue weighted by Crippen LogP contribution is -2.32. The maximum absolute atomic E-state index is 13.3. The summed E-state index contributed by atoms with van der Waals surface area (Å²) < 4.78 is 13.3. The molecule has 0 radical (unpaired) electrons. The van der Waals surface area contributed by atoms with E-state index in [-0.39, 0.29) is 5.69 Å². The highest BCUT2D eigenvalue weighted by molar-refractivity contribution is 6.39. The molecular weight excluding hydrogens is 275 g/mol. The summed E-state index contributed by atoms with van der Waals surface area (Å²) in [5.74, 6) is -2.63. The van der Waals surface area contributed by atoms with E-state index in [0.717, 1.165) is 0 Å². The van der Waals surface area contributed by atoms with Crippen LogP contribution in [-0.2, 0) is 9.59 Å². The molecule has 0 fully saturated rings. The molecular formula is C14H11FN4O2. The maximum Gasteiger partial charge on any atom is 0.329 e. The van der Waals surface area contributed by atoms with Crippen LogP contribution in [0.1, 0.15) is 5.56 Å². The number of benzene rings is 1. The molecule has 0 aliphatic carbocycles. The molecule has 1 heterocycles. The minimum Gasteiger partial charge on any atom is -0.315 e. The third kappa shape index (κ3) is 4.20. The highest BCUT2D eigenvalue weighted by atomic mass is 19.1. The van der Waals surface area contributed by atoms with Crippen molar-refractivity contribution in [3.8, 4) is 0 Å². The molecule has 2 amide bonds. The second-order valence-corrected chi connectivity index (χ2v) is 3.91. The number of aromatic nitrogens is 1. The molecule has 7 heteroatoms. The van der Waals surface area contributed by atoms with Gasteiger partial charge in [0.15, 0.2) is 0 Å². The van der Waals surface area contributed by atoms with Gasteiger partial charge in [0.2, 0.25) is 0 Å². The molecule has 106 valence electrons. The Hall–Kier alpha value is -3.09. The average molecular weight is 286 g/mol. The van der Waals surface area contributed by atoms with Crippen molar-refractivity contribution in [1.82, 2.24) is 10.4 Å². The SMILES string of the molecule is O=C(N/N=C\c1ccncc1)C(=O)Nc1ccccc1F. The molecule has 2 aromatic rings. The highest BCUT2D eigenvalue weighted by Crippen LogP contribution is 2.11. The van der Waals surface area contributed by atoms with Gasteiger partial charge in [0.05, 0.1) is 11.9 Å². The van der Waals surface area contributed by atoms with E-state index in [4.69, 9.17) is 0 Å². The van der Waals surface area contributed by atoms with Gasteiger partial charge in [-0.1, -0.05) is 12.1 Å². The molecule has 6 nitrogen and oxygen atoms in total. The van der Waals surface area contributed by atoms with Crippen LogP contribution in [0, 0.1) is 5.82 Å². The van der Waals surface area contributed by atoms with Crippen molar-refractivity contribution in [1.29, 1.82) is 0 Å². The topological polar surface area (TPSA) is 83.5 Å². The first-order valence-corrected chi connectivity index (χ1v) is 5.96. The van der Waals surface area contributed by atoms with E-state index < -0.39 is 17.6 Å². The molecule has 1 aromatic carbocycles. The van der Waals surface area contributed by atoms with Crippen molar-refractivity contribution in [3.05, 3.63) is 60.2 Å². The molecule has 0 aliphatic heterocycles. The van der Waals surface area contributed by atoms with Crippen LogP contribution in [0.5, 0.6) is 0 Å². The zero-order chi connectivity index (χ0) is 15.1. The molecule has 0 spiro atoms. The van der Waals surface area contributed by atoms with Crippen molar-refractivity contribution in [2.24, 2.45) is 5.10 Å². The lowest BCUT2D eigenvalue weighted by molar-refractivity contribution is -0.136. The summed E-state index contributed by atoms with van der Waals surface area (Å²) in [6, 6.07) is 8.89. The van der Waals surface area contributed by atoms with Gasteiger partial charge in [0.25, 0.3) is 0 Å². The lowest BCUT2D eigenvalue weighted by atomic mass is 10.3. The molecule has 2 rings (SSSR count). The molecule has 0 unspecified atom stereocenters. The zero-order valence-corrected chi connectivity index (χ0v) is 10.8. The first-order valence-electron chi connectivity index (χ1n) is 5.96. The number of pyridine rings is 1. The van der Waals surface area contributed by atoms with Crippen LogP contribution in [0.4, 0.5) is 10.1 Å². The van der Waals surface area contributed by atoms with E-state index in [9.17, 15) is 14.0 Å². The van der Waals surface area contributed by atoms with Gasteiger partial charge in [-0.2, -0.15) is 5.10 Å². The average Bonchev–Trinajstić information content (AvgIpc) is 2.50. The first-order chi connectivity index (χ1) is 10.2. The second-order valence-electron chi connectivity index (χ2n) is 3.91. The number of anilines is 1. The van der Waals surface area contributed by atoms with E-state index in [1.807, 2.05) is 5.43 Å². The van der Waals surface area contributed by atoms with E-state index in [1.165, 1.54) is 30.5 Å². The van der Waals surface area contributed by atoms with Crippen LogP contribution < -0.4 is 10.7 Å². The van der Waals surface area contributed by atoms with Crippen LogP contribution in [0.15, 0.2) is 53.9 Å². The van der Waals surface area contributed by atoms with Gasteiger partial charge in [0, 0.05) is 12.4 Å². The van der Waals surface area contributed by atoms with Crippen LogP contribution in [0.2, 0.25) is 0 Å². The summed E-state index contributed by atoms with van der Waals surface area (Å²) in [6.07, 6.45) is 4.48.